The molecule has 3 heterocycles. The van der Waals surface area contributed by atoms with Crippen molar-refractivity contribution in [3.05, 3.63) is 34.7 Å². The number of hydrogen-bond acceptors (Lipinski definition) is 6. The van der Waals surface area contributed by atoms with Gasteiger partial charge in [-0.2, -0.15) is 0 Å². The quantitative estimate of drug-likeness (QED) is 0.695. The van der Waals surface area contributed by atoms with E-state index >= 15 is 0 Å². The van der Waals surface area contributed by atoms with Crippen molar-refractivity contribution in [3.8, 4) is 11.5 Å². The maximum atomic E-state index is 13.1. The molecule has 4 rings (SSSR count). The highest BCUT2D eigenvalue weighted by Gasteiger charge is 2.30. The van der Waals surface area contributed by atoms with Crippen LogP contribution in [0.3, 0.4) is 0 Å². The Labute approximate surface area is 197 Å². The van der Waals surface area contributed by atoms with Crippen LogP contribution in [0.15, 0.2) is 24.3 Å². The summed E-state index contributed by atoms with van der Waals surface area (Å²) in [5.41, 5.74) is 1.00. The lowest BCUT2D eigenvalue weighted by Crippen LogP contribution is -2.41. The van der Waals surface area contributed by atoms with Gasteiger partial charge in [0.15, 0.2) is 11.5 Å². The van der Waals surface area contributed by atoms with Gasteiger partial charge in [-0.3, -0.25) is 14.4 Å². The van der Waals surface area contributed by atoms with Crippen molar-refractivity contribution in [1.29, 1.82) is 0 Å². The molecule has 0 atom stereocenters. The predicted octanol–water partition coefficient (Wildman–Crippen LogP) is 4.26. The molecule has 1 saturated heterocycles. The van der Waals surface area contributed by atoms with Crippen molar-refractivity contribution in [2.75, 3.05) is 30.5 Å². The van der Waals surface area contributed by atoms with Gasteiger partial charge in [-0.1, -0.05) is 20.8 Å². The second-order valence-corrected chi connectivity index (χ2v) is 10.5. The van der Waals surface area contributed by atoms with E-state index in [2.05, 4.69) is 10.6 Å². The number of nitrogens with zero attached hydrogens (tertiary/aromatic N) is 1. The zero-order valence-electron chi connectivity index (χ0n) is 19.3. The highest BCUT2D eigenvalue weighted by Crippen LogP contribution is 2.35. The molecule has 176 valence electrons. The van der Waals surface area contributed by atoms with Gasteiger partial charge in [0, 0.05) is 36.2 Å². The molecule has 33 heavy (non-hydrogen) atoms. The van der Waals surface area contributed by atoms with Crippen LogP contribution in [0, 0.1) is 18.3 Å². The van der Waals surface area contributed by atoms with Gasteiger partial charge in [0.05, 0.1) is 9.88 Å². The van der Waals surface area contributed by atoms with Crippen LogP contribution in [0.4, 0.5) is 10.7 Å². The molecular weight excluding hydrogens is 442 g/mol. The molecule has 1 fully saturated rings. The van der Waals surface area contributed by atoms with Gasteiger partial charge in [-0.15, -0.1) is 11.3 Å². The zero-order valence-corrected chi connectivity index (χ0v) is 20.1. The molecule has 3 amide bonds. The van der Waals surface area contributed by atoms with E-state index in [1.54, 1.807) is 23.1 Å². The van der Waals surface area contributed by atoms with Crippen molar-refractivity contribution in [2.45, 2.75) is 40.5 Å². The minimum atomic E-state index is -0.509. The van der Waals surface area contributed by atoms with E-state index in [4.69, 9.17) is 9.47 Å². The van der Waals surface area contributed by atoms with Gasteiger partial charge in [0.1, 0.15) is 0 Å². The molecule has 0 aliphatic carbocycles. The summed E-state index contributed by atoms with van der Waals surface area (Å²) in [6, 6.07) is 7.17. The fraction of sp³-hybridized carbons (Fsp3) is 0.458. The number of nitrogens with one attached hydrogen (secondary N) is 2. The van der Waals surface area contributed by atoms with Crippen LogP contribution < -0.4 is 20.1 Å². The van der Waals surface area contributed by atoms with E-state index in [-0.39, 0.29) is 30.4 Å². The number of ether oxygens (including phenoxy) is 2. The minimum absolute atomic E-state index is 0.0524. The van der Waals surface area contributed by atoms with E-state index in [0.29, 0.717) is 53.0 Å². The lowest BCUT2D eigenvalue weighted by atomic mass is 9.95. The number of fused-ring (bicyclic) bond motifs is 1. The maximum absolute atomic E-state index is 13.1. The molecule has 0 radical (unpaired) electrons. The number of carbonyl (C=O) groups is 3. The maximum Gasteiger partial charge on any atom is 0.264 e. The van der Waals surface area contributed by atoms with Crippen molar-refractivity contribution in [1.82, 2.24) is 4.90 Å². The standard InChI is InChI=1S/C24H29N3O5S/c1-14-11-19(26-23(30)24(2,3)4)33-20(14)22(29)27-9-7-15(8-10-27)21(28)25-16-5-6-17-18(12-16)32-13-31-17/h5-6,11-12,15H,7-10,13H2,1-4H3,(H,25,28)(H,26,30). The minimum Gasteiger partial charge on any atom is -0.454 e. The largest absolute Gasteiger partial charge is 0.454 e. The van der Waals surface area contributed by atoms with Gasteiger partial charge < -0.3 is 25.0 Å². The van der Waals surface area contributed by atoms with Crippen LogP contribution in [0.2, 0.25) is 0 Å². The van der Waals surface area contributed by atoms with E-state index in [1.807, 2.05) is 33.8 Å². The third-order valence-electron chi connectivity index (χ3n) is 5.82. The summed E-state index contributed by atoms with van der Waals surface area (Å²) in [5.74, 6) is 0.939. The third kappa shape index (κ3) is 5.13. The van der Waals surface area contributed by atoms with Crippen LogP contribution in [-0.4, -0.2) is 42.5 Å². The second-order valence-electron chi connectivity index (χ2n) is 9.45. The van der Waals surface area contributed by atoms with Crippen molar-refractivity contribution >= 4 is 39.7 Å². The zero-order chi connectivity index (χ0) is 23.8. The number of amides is 3. The van der Waals surface area contributed by atoms with Crippen molar-refractivity contribution in [3.63, 3.8) is 0 Å². The average Bonchev–Trinajstić information content (AvgIpc) is 3.38. The van der Waals surface area contributed by atoms with E-state index in [1.165, 1.54) is 11.3 Å². The number of piperidine rings is 1. The molecule has 1 aromatic carbocycles. The summed E-state index contributed by atoms with van der Waals surface area (Å²) >= 11 is 1.30. The molecule has 2 aliphatic rings. The predicted molar refractivity (Wildman–Crippen MR) is 127 cm³/mol. The first-order valence-electron chi connectivity index (χ1n) is 11.0. The first-order chi connectivity index (χ1) is 15.6. The molecule has 0 bridgehead atoms. The Bertz CT molecular complexity index is 1080. The summed E-state index contributed by atoms with van der Waals surface area (Å²) in [6.45, 7) is 8.64. The molecule has 0 spiro atoms. The normalized spacial score (nSPS) is 15.9. The molecule has 2 aliphatic heterocycles. The monoisotopic (exact) mass is 471 g/mol. The molecule has 1 aromatic heterocycles. The Morgan fingerprint density at radius 2 is 1.73 bits per heavy atom. The number of rotatable bonds is 4. The molecule has 2 N–H and O–H groups in total. The number of benzene rings is 1. The van der Waals surface area contributed by atoms with Gasteiger partial charge >= 0.3 is 0 Å². The average molecular weight is 472 g/mol. The number of aryl methyl sites for hydroxylation is 1. The number of likely N-dealkylation sites (tertiary alicyclic amines) is 1. The third-order valence-corrected chi connectivity index (χ3v) is 6.96. The van der Waals surface area contributed by atoms with Crippen molar-refractivity contribution in [2.24, 2.45) is 11.3 Å². The van der Waals surface area contributed by atoms with Crippen LogP contribution in [0.25, 0.3) is 0 Å². The Balaban J connectivity index is 1.32. The van der Waals surface area contributed by atoms with Crippen LogP contribution in [-0.2, 0) is 9.59 Å². The number of carbonyl (C=O) groups excluding carboxylic acids is 3. The smallest absolute Gasteiger partial charge is 0.264 e. The first-order valence-corrected chi connectivity index (χ1v) is 11.8. The van der Waals surface area contributed by atoms with E-state index in [0.717, 1.165) is 5.56 Å². The molecule has 0 saturated carbocycles. The Morgan fingerprint density at radius 1 is 1.03 bits per heavy atom. The molecular formula is C24H29N3O5S. The fourth-order valence-corrected chi connectivity index (χ4v) is 4.80. The van der Waals surface area contributed by atoms with Gasteiger partial charge in [-0.25, -0.2) is 0 Å². The van der Waals surface area contributed by atoms with E-state index < -0.39 is 5.41 Å². The van der Waals surface area contributed by atoms with Gasteiger partial charge in [-0.05, 0) is 43.5 Å². The summed E-state index contributed by atoms with van der Waals surface area (Å²) < 4.78 is 10.7. The lowest BCUT2D eigenvalue weighted by molar-refractivity contribution is -0.123. The first kappa shape index (κ1) is 23.1. The molecule has 8 nitrogen and oxygen atoms in total. The Morgan fingerprint density at radius 3 is 2.42 bits per heavy atom. The molecule has 0 unspecified atom stereocenters. The number of hydrogen-bond donors (Lipinski definition) is 2. The van der Waals surface area contributed by atoms with Crippen LogP contribution in [0.1, 0.15) is 48.8 Å². The fourth-order valence-electron chi connectivity index (χ4n) is 3.76. The molecule has 2 aromatic rings. The Hall–Kier alpha value is -3.07. The summed E-state index contributed by atoms with van der Waals surface area (Å²) in [5, 5.41) is 6.52. The van der Waals surface area contributed by atoms with Crippen LogP contribution in [0.5, 0.6) is 11.5 Å². The van der Waals surface area contributed by atoms with Gasteiger partial charge in [0.2, 0.25) is 18.6 Å². The second kappa shape index (κ2) is 9.05. The topological polar surface area (TPSA) is 97.0 Å². The van der Waals surface area contributed by atoms with Gasteiger partial charge in [0.25, 0.3) is 5.91 Å². The summed E-state index contributed by atoms with van der Waals surface area (Å²) in [4.78, 5) is 40.5. The van der Waals surface area contributed by atoms with E-state index in [9.17, 15) is 14.4 Å². The lowest BCUT2D eigenvalue weighted by Gasteiger charge is -2.31. The highest BCUT2D eigenvalue weighted by atomic mass is 32.1. The number of anilines is 2. The van der Waals surface area contributed by atoms with Crippen LogP contribution >= 0.6 is 11.3 Å². The number of thiophene rings is 1. The Kier molecular flexibility index (Phi) is 6.34. The highest BCUT2D eigenvalue weighted by molar-refractivity contribution is 7.18. The van der Waals surface area contributed by atoms with Crippen molar-refractivity contribution < 1.29 is 23.9 Å². The SMILES string of the molecule is Cc1cc(NC(=O)C(C)(C)C)sc1C(=O)N1CCC(C(=O)Nc2ccc3c(c2)OCO3)CC1. The summed E-state index contributed by atoms with van der Waals surface area (Å²) in [6.07, 6.45) is 1.19. The molecule has 9 heteroatoms. The summed E-state index contributed by atoms with van der Waals surface area (Å²) in [7, 11) is 0.